The van der Waals surface area contributed by atoms with Crippen molar-refractivity contribution in [2.24, 2.45) is 5.92 Å². The summed E-state index contributed by atoms with van der Waals surface area (Å²) in [6.45, 7) is 2.87. The maximum atomic E-state index is 13.0. The van der Waals surface area contributed by atoms with Crippen molar-refractivity contribution in [1.29, 1.82) is 0 Å². The number of rotatable bonds is 3. The molecule has 3 heterocycles. The van der Waals surface area contributed by atoms with E-state index in [1.165, 1.54) is 0 Å². The second-order valence-corrected chi connectivity index (χ2v) is 7.27. The first-order valence-electron chi connectivity index (χ1n) is 9.45. The number of hydrogen-bond donors (Lipinski definition) is 1. The topological polar surface area (TPSA) is 49.8 Å². The molecule has 3 fully saturated rings. The second kappa shape index (κ2) is 7.56. The third-order valence-electron chi connectivity index (χ3n) is 5.50. The number of nitrogens with zero attached hydrogens (tertiary/aromatic N) is 1. The van der Waals surface area contributed by atoms with E-state index in [9.17, 15) is 9.90 Å². The fourth-order valence-electron chi connectivity index (χ4n) is 3.87. The Morgan fingerprint density at radius 3 is 2.26 bits per heavy atom. The zero-order valence-corrected chi connectivity index (χ0v) is 15.2. The van der Waals surface area contributed by atoms with Crippen LogP contribution < -0.4 is 0 Å². The number of hydrogen-bond acceptors (Lipinski definition) is 4. The van der Waals surface area contributed by atoms with Crippen LogP contribution in [0.5, 0.6) is 0 Å². The Kier molecular flexibility index (Phi) is 4.98. The molecule has 138 valence electrons. The third kappa shape index (κ3) is 3.75. The summed E-state index contributed by atoms with van der Waals surface area (Å²) in [5.74, 6) is 5.40. The number of esters is 1. The van der Waals surface area contributed by atoms with Crippen LogP contribution in [0.2, 0.25) is 0 Å². The molecule has 0 aliphatic carbocycles. The molecular weight excluding hydrogens is 338 g/mol. The molecule has 4 heteroatoms. The molecule has 0 saturated carbocycles. The summed E-state index contributed by atoms with van der Waals surface area (Å²) in [7, 11) is 0. The number of piperidine rings is 3. The molecule has 27 heavy (non-hydrogen) atoms. The van der Waals surface area contributed by atoms with Gasteiger partial charge in [0.1, 0.15) is 6.10 Å². The van der Waals surface area contributed by atoms with Gasteiger partial charge in [0.15, 0.2) is 0 Å². The lowest BCUT2D eigenvalue weighted by molar-refractivity contribution is -0.175. The van der Waals surface area contributed by atoms with Crippen LogP contribution in [0.4, 0.5) is 0 Å². The van der Waals surface area contributed by atoms with Crippen molar-refractivity contribution in [3.05, 3.63) is 71.8 Å². The Balaban J connectivity index is 1.62. The van der Waals surface area contributed by atoms with Gasteiger partial charge in [-0.25, -0.2) is 4.79 Å². The highest BCUT2D eigenvalue weighted by Gasteiger charge is 2.43. The summed E-state index contributed by atoms with van der Waals surface area (Å²) in [4.78, 5) is 15.4. The highest BCUT2D eigenvalue weighted by molar-refractivity contribution is 5.85. The van der Waals surface area contributed by atoms with Crippen LogP contribution in [0.15, 0.2) is 60.7 Å². The predicted molar refractivity (Wildman–Crippen MR) is 103 cm³/mol. The van der Waals surface area contributed by atoms with Crippen molar-refractivity contribution in [2.45, 2.75) is 24.5 Å². The quantitative estimate of drug-likeness (QED) is 0.674. The van der Waals surface area contributed by atoms with Gasteiger partial charge in [-0.1, -0.05) is 54.5 Å². The zero-order valence-electron chi connectivity index (χ0n) is 15.2. The van der Waals surface area contributed by atoms with Gasteiger partial charge >= 0.3 is 5.97 Å². The van der Waals surface area contributed by atoms with Crippen molar-refractivity contribution in [2.75, 3.05) is 19.6 Å². The molecule has 2 aromatic rings. The van der Waals surface area contributed by atoms with Crippen LogP contribution in [-0.2, 0) is 15.1 Å². The van der Waals surface area contributed by atoms with E-state index in [0.717, 1.165) is 38.0 Å². The van der Waals surface area contributed by atoms with E-state index in [1.54, 1.807) is 24.3 Å². The van der Waals surface area contributed by atoms with Gasteiger partial charge in [-0.15, -0.1) is 0 Å². The van der Waals surface area contributed by atoms with Crippen LogP contribution in [-0.4, -0.2) is 41.7 Å². The summed E-state index contributed by atoms with van der Waals surface area (Å²) in [5, 5.41) is 11.3. The van der Waals surface area contributed by atoms with E-state index in [4.69, 9.17) is 4.74 Å². The van der Waals surface area contributed by atoms with E-state index in [-0.39, 0.29) is 6.10 Å². The monoisotopic (exact) mass is 361 g/mol. The largest absolute Gasteiger partial charge is 0.458 e. The third-order valence-corrected chi connectivity index (χ3v) is 5.50. The Hall–Kier alpha value is -2.61. The molecule has 0 spiro atoms. The van der Waals surface area contributed by atoms with Crippen LogP contribution in [0.1, 0.15) is 24.0 Å². The molecule has 2 aromatic carbocycles. The minimum absolute atomic E-state index is 0.172. The van der Waals surface area contributed by atoms with Gasteiger partial charge in [-0.3, -0.25) is 4.90 Å². The van der Waals surface area contributed by atoms with Crippen LogP contribution >= 0.6 is 0 Å². The first kappa shape index (κ1) is 17.8. The first-order valence-corrected chi connectivity index (χ1v) is 9.45. The van der Waals surface area contributed by atoms with E-state index in [2.05, 4.69) is 16.7 Å². The Labute approximate surface area is 159 Å². The maximum Gasteiger partial charge on any atom is 0.356 e. The fourth-order valence-corrected chi connectivity index (χ4v) is 3.87. The van der Waals surface area contributed by atoms with Gasteiger partial charge < -0.3 is 9.84 Å². The van der Waals surface area contributed by atoms with E-state index in [0.29, 0.717) is 11.5 Å². The SMILES string of the molecule is O=C(O[C@H]1CN2CCC1CC2)[C@@](O)(C#Cc1ccccc1)c1ccccc1. The summed E-state index contributed by atoms with van der Waals surface area (Å²) in [6, 6.07) is 18.2. The van der Waals surface area contributed by atoms with Crippen molar-refractivity contribution in [3.8, 4) is 11.8 Å². The van der Waals surface area contributed by atoms with Crippen LogP contribution in [0, 0.1) is 17.8 Å². The fraction of sp³-hybridized carbons (Fsp3) is 0.348. The Bertz CT molecular complexity index is 847. The van der Waals surface area contributed by atoms with E-state index < -0.39 is 11.6 Å². The summed E-state index contributed by atoms with van der Waals surface area (Å²) in [6.07, 6.45) is 1.91. The lowest BCUT2D eigenvalue weighted by Gasteiger charge is -2.44. The normalized spacial score (nSPS) is 25.7. The Morgan fingerprint density at radius 2 is 1.67 bits per heavy atom. The molecule has 0 aromatic heterocycles. The van der Waals surface area contributed by atoms with Crippen molar-refractivity contribution in [1.82, 2.24) is 4.90 Å². The number of carbonyl (C=O) groups is 1. The molecule has 2 bridgehead atoms. The number of carbonyl (C=O) groups excluding carboxylic acids is 1. The van der Waals surface area contributed by atoms with Gasteiger partial charge in [-0.05, 0) is 49.9 Å². The van der Waals surface area contributed by atoms with Crippen LogP contribution in [0.3, 0.4) is 0 Å². The second-order valence-electron chi connectivity index (χ2n) is 7.27. The summed E-state index contributed by atoms with van der Waals surface area (Å²) in [5.41, 5.74) is -0.814. The van der Waals surface area contributed by atoms with E-state index in [1.807, 2.05) is 36.4 Å². The average molecular weight is 361 g/mol. The summed E-state index contributed by atoms with van der Waals surface area (Å²) < 4.78 is 5.80. The molecule has 3 aliphatic rings. The number of benzene rings is 2. The minimum atomic E-state index is -1.98. The number of aliphatic hydroxyl groups is 1. The first-order chi connectivity index (χ1) is 13.1. The predicted octanol–water partition coefficient (Wildman–Crippen LogP) is 2.56. The maximum absolute atomic E-state index is 13.0. The molecule has 3 aliphatic heterocycles. The van der Waals surface area contributed by atoms with Crippen molar-refractivity contribution < 1.29 is 14.6 Å². The van der Waals surface area contributed by atoms with Crippen molar-refractivity contribution >= 4 is 5.97 Å². The lowest BCUT2D eigenvalue weighted by Crippen LogP contribution is -2.53. The van der Waals surface area contributed by atoms with Crippen molar-refractivity contribution in [3.63, 3.8) is 0 Å². The molecule has 0 amide bonds. The Morgan fingerprint density at radius 1 is 1.04 bits per heavy atom. The highest BCUT2D eigenvalue weighted by Crippen LogP contribution is 2.32. The highest BCUT2D eigenvalue weighted by atomic mass is 16.6. The molecule has 1 N–H and O–H groups in total. The van der Waals surface area contributed by atoms with Gasteiger partial charge in [0, 0.05) is 17.7 Å². The zero-order chi connectivity index (χ0) is 18.7. The van der Waals surface area contributed by atoms with Gasteiger partial charge in [-0.2, -0.15) is 0 Å². The molecule has 4 nitrogen and oxygen atoms in total. The number of ether oxygens (including phenoxy) is 1. The van der Waals surface area contributed by atoms with Crippen LogP contribution in [0.25, 0.3) is 0 Å². The smallest absolute Gasteiger partial charge is 0.356 e. The molecule has 0 unspecified atom stereocenters. The lowest BCUT2D eigenvalue weighted by atomic mass is 9.85. The van der Waals surface area contributed by atoms with Gasteiger partial charge in [0.25, 0.3) is 5.60 Å². The number of fused-ring (bicyclic) bond motifs is 3. The average Bonchev–Trinajstić information content (AvgIpc) is 2.74. The van der Waals surface area contributed by atoms with E-state index >= 15 is 0 Å². The molecule has 2 atom stereocenters. The minimum Gasteiger partial charge on any atom is -0.458 e. The molecule has 3 saturated heterocycles. The molecular formula is C23H23NO3. The standard InChI is InChI=1S/C23H23NO3/c25-22(27-21-17-24-15-12-19(21)13-16-24)23(26,20-9-5-2-6-10-20)14-11-18-7-3-1-4-8-18/h1-10,19,21,26H,12-13,15-17H2/t21-,23+/m0/s1. The summed E-state index contributed by atoms with van der Waals surface area (Å²) >= 11 is 0. The molecule has 0 radical (unpaired) electrons. The van der Waals surface area contributed by atoms with Gasteiger partial charge in [0.2, 0.25) is 0 Å². The van der Waals surface area contributed by atoms with Gasteiger partial charge in [0.05, 0.1) is 0 Å². The molecule has 5 rings (SSSR count).